The Balaban J connectivity index is 1.90. The molecule has 1 atom stereocenters. The van der Waals surface area contributed by atoms with Crippen LogP contribution in [-0.2, 0) is 16.1 Å². The van der Waals surface area contributed by atoms with Gasteiger partial charge in [0, 0.05) is 43.9 Å². The highest BCUT2D eigenvalue weighted by Gasteiger charge is 2.08. The number of carbonyl (C=O) groups is 1. The summed E-state index contributed by atoms with van der Waals surface area (Å²) in [6.45, 7) is 3.11. The van der Waals surface area contributed by atoms with E-state index in [1.165, 1.54) is 0 Å². The molecule has 5 nitrogen and oxygen atoms in total. The lowest BCUT2D eigenvalue weighted by atomic mass is 10.3. The molecule has 2 aromatic rings. The van der Waals surface area contributed by atoms with Crippen LogP contribution in [0.2, 0.25) is 0 Å². The molecule has 0 fully saturated rings. The summed E-state index contributed by atoms with van der Waals surface area (Å²) in [5, 5.41) is 4.04. The van der Waals surface area contributed by atoms with Gasteiger partial charge in [-0.15, -0.1) is 0 Å². The van der Waals surface area contributed by atoms with Gasteiger partial charge in [-0.2, -0.15) is 0 Å². The van der Waals surface area contributed by atoms with E-state index in [4.69, 9.17) is 4.74 Å². The van der Waals surface area contributed by atoms with Crippen LogP contribution >= 0.6 is 0 Å². The highest BCUT2D eigenvalue weighted by molar-refractivity contribution is 5.79. The lowest BCUT2D eigenvalue weighted by molar-refractivity contribution is -0.122. The molecule has 0 aliphatic carbocycles. The third-order valence-corrected chi connectivity index (χ3v) is 2.98. The summed E-state index contributed by atoms with van der Waals surface area (Å²) in [6, 6.07) is 4.04. The molecule has 1 unspecified atom stereocenters. The summed E-state index contributed by atoms with van der Waals surface area (Å²) in [5.41, 5.74) is 1.06. The third-order valence-electron chi connectivity index (χ3n) is 2.98. The minimum atomic E-state index is 0.0373. The number of fused-ring (bicyclic) bond motifs is 1. The number of aromatic nitrogens is 2. The number of hydrogen-bond acceptors (Lipinski definition) is 3. The first-order valence-electron chi connectivity index (χ1n) is 6.38. The van der Waals surface area contributed by atoms with Crippen LogP contribution in [0.1, 0.15) is 13.3 Å². The van der Waals surface area contributed by atoms with E-state index in [-0.39, 0.29) is 11.9 Å². The molecule has 102 valence electrons. The van der Waals surface area contributed by atoms with E-state index in [0.717, 1.165) is 10.9 Å². The molecule has 2 rings (SSSR count). The van der Waals surface area contributed by atoms with Gasteiger partial charge in [0.05, 0.1) is 18.3 Å². The smallest absolute Gasteiger partial charge is 0.222 e. The van der Waals surface area contributed by atoms with Crippen molar-refractivity contribution in [1.82, 2.24) is 14.9 Å². The van der Waals surface area contributed by atoms with Gasteiger partial charge >= 0.3 is 0 Å². The minimum Gasteiger partial charge on any atom is -0.383 e. The van der Waals surface area contributed by atoms with Gasteiger partial charge in [0.25, 0.3) is 0 Å². The average Bonchev–Trinajstić information content (AvgIpc) is 2.80. The molecule has 0 saturated carbocycles. The summed E-state index contributed by atoms with van der Waals surface area (Å²) in [4.78, 5) is 15.9. The zero-order valence-corrected chi connectivity index (χ0v) is 11.3. The lowest BCUT2D eigenvalue weighted by Gasteiger charge is -2.13. The van der Waals surface area contributed by atoms with Gasteiger partial charge in [-0.05, 0) is 19.1 Å². The first kappa shape index (κ1) is 13.5. The standard InChI is InChI=1S/C14H19N3O2/c1-11(10-19-2)16-14(18)5-8-17-7-4-12-3-6-15-9-13(12)17/h3-4,6-7,9,11H,5,8,10H2,1-2H3,(H,16,18). The molecule has 19 heavy (non-hydrogen) atoms. The Morgan fingerprint density at radius 3 is 3.16 bits per heavy atom. The molecular weight excluding hydrogens is 242 g/mol. The van der Waals surface area contributed by atoms with E-state index in [1.54, 1.807) is 13.3 Å². The summed E-state index contributed by atoms with van der Waals surface area (Å²) in [6.07, 6.45) is 6.03. The fourth-order valence-electron chi connectivity index (χ4n) is 2.08. The zero-order chi connectivity index (χ0) is 13.7. The molecule has 2 heterocycles. The Kier molecular flexibility index (Phi) is 4.52. The fraction of sp³-hybridized carbons (Fsp3) is 0.429. The highest BCUT2D eigenvalue weighted by Crippen LogP contribution is 2.13. The van der Waals surface area contributed by atoms with Gasteiger partial charge < -0.3 is 14.6 Å². The second-order valence-electron chi connectivity index (χ2n) is 4.62. The molecule has 0 saturated heterocycles. The molecule has 1 amide bonds. The number of ether oxygens (including phenoxy) is 1. The van der Waals surface area contributed by atoms with Crippen molar-refractivity contribution in [2.75, 3.05) is 13.7 Å². The molecule has 1 N–H and O–H groups in total. The second kappa shape index (κ2) is 6.33. The lowest BCUT2D eigenvalue weighted by Crippen LogP contribution is -2.35. The summed E-state index contributed by atoms with van der Waals surface area (Å²) in [7, 11) is 1.63. The summed E-state index contributed by atoms with van der Waals surface area (Å²) < 4.78 is 7.03. The topological polar surface area (TPSA) is 56.1 Å². The van der Waals surface area contributed by atoms with Crippen molar-refractivity contribution in [3.63, 3.8) is 0 Å². The number of pyridine rings is 1. The second-order valence-corrected chi connectivity index (χ2v) is 4.62. The number of nitrogens with one attached hydrogen (secondary N) is 1. The zero-order valence-electron chi connectivity index (χ0n) is 11.3. The van der Waals surface area contributed by atoms with Crippen LogP contribution in [0, 0.1) is 0 Å². The number of hydrogen-bond donors (Lipinski definition) is 1. The molecular formula is C14H19N3O2. The molecule has 0 aromatic carbocycles. The predicted molar refractivity (Wildman–Crippen MR) is 73.8 cm³/mol. The number of methoxy groups -OCH3 is 1. The van der Waals surface area contributed by atoms with Crippen molar-refractivity contribution in [2.24, 2.45) is 0 Å². The molecule has 2 aromatic heterocycles. The largest absolute Gasteiger partial charge is 0.383 e. The van der Waals surface area contributed by atoms with Gasteiger partial charge in [-0.3, -0.25) is 9.78 Å². The van der Waals surface area contributed by atoms with Crippen LogP contribution in [0.25, 0.3) is 10.9 Å². The van der Waals surface area contributed by atoms with Crippen LogP contribution in [0.5, 0.6) is 0 Å². The maximum Gasteiger partial charge on any atom is 0.222 e. The van der Waals surface area contributed by atoms with Crippen molar-refractivity contribution in [3.05, 3.63) is 30.7 Å². The van der Waals surface area contributed by atoms with Gasteiger partial charge in [0.1, 0.15) is 0 Å². The Hall–Kier alpha value is -1.88. The van der Waals surface area contributed by atoms with E-state index in [2.05, 4.69) is 10.3 Å². The van der Waals surface area contributed by atoms with Crippen LogP contribution in [-0.4, -0.2) is 35.2 Å². The Bertz CT molecular complexity index is 550. The quantitative estimate of drug-likeness (QED) is 0.859. The molecule has 0 aliphatic heterocycles. The van der Waals surface area contributed by atoms with Crippen molar-refractivity contribution in [3.8, 4) is 0 Å². The monoisotopic (exact) mass is 261 g/mol. The van der Waals surface area contributed by atoms with Gasteiger partial charge in [-0.1, -0.05) is 0 Å². The van der Waals surface area contributed by atoms with Gasteiger partial charge in [0.15, 0.2) is 0 Å². The number of carbonyl (C=O) groups excluding carboxylic acids is 1. The van der Waals surface area contributed by atoms with Crippen molar-refractivity contribution < 1.29 is 9.53 Å². The van der Waals surface area contributed by atoms with Crippen LogP contribution in [0.15, 0.2) is 30.7 Å². The molecule has 0 spiro atoms. The van der Waals surface area contributed by atoms with E-state index in [1.807, 2.05) is 36.0 Å². The minimum absolute atomic E-state index is 0.0373. The predicted octanol–water partition coefficient (Wildman–Crippen LogP) is 1.58. The van der Waals surface area contributed by atoms with E-state index in [9.17, 15) is 4.79 Å². The maximum absolute atomic E-state index is 11.8. The average molecular weight is 261 g/mol. The molecule has 5 heteroatoms. The number of nitrogens with zero attached hydrogens (tertiary/aromatic N) is 2. The van der Waals surface area contributed by atoms with Crippen LogP contribution in [0.3, 0.4) is 0 Å². The molecule has 0 radical (unpaired) electrons. The SMILES string of the molecule is COCC(C)NC(=O)CCn1ccc2ccncc21. The first-order chi connectivity index (χ1) is 9.20. The van der Waals surface area contributed by atoms with Crippen molar-refractivity contribution in [2.45, 2.75) is 25.9 Å². The van der Waals surface area contributed by atoms with E-state index >= 15 is 0 Å². The summed E-state index contributed by atoms with van der Waals surface area (Å²) >= 11 is 0. The van der Waals surface area contributed by atoms with Crippen molar-refractivity contribution in [1.29, 1.82) is 0 Å². The number of aryl methyl sites for hydroxylation is 1. The third kappa shape index (κ3) is 3.54. The highest BCUT2D eigenvalue weighted by atomic mass is 16.5. The molecule has 0 aliphatic rings. The first-order valence-corrected chi connectivity index (χ1v) is 6.38. The Morgan fingerprint density at radius 1 is 1.53 bits per heavy atom. The number of amides is 1. The van der Waals surface area contributed by atoms with Crippen LogP contribution in [0.4, 0.5) is 0 Å². The Labute approximate surface area is 112 Å². The Morgan fingerprint density at radius 2 is 2.37 bits per heavy atom. The maximum atomic E-state index is 11.8. The normalized spacial score (nSPS) is 12.5. The number of rotatable bonds is 6. The van der Waals surface area contributed by atoms with Gasteiger partial charge in [-0.25, -0.2) is 0 Å². The summed E-state index contributed by atoms with van der Waals surface area (Å²) in [5.74, 6) is 0.0373. The van der Waals surface area contributed by atoms with Gasteiger partial charge in [0.2, 0.25) is 5.91 Å². The van der Waals surface area contributed by atoms with E-state index < -0.39 is 0 Å². The van der Waals surface area contributed by atoms with Crippen LogP contribution < -0.4 is 5.32 Å². The molecule has 0 bridgehead atoms. The van der Waals surface area contributed by atoms with Crippen molar-refractivity contribution >= 4 is 16.8 Å². The van der Waals surface area contributed by atoms with E-state index in [0.29, 0.717) is 19.6 Å². The fourth-order valence-corrected chi connectivity index (χ4v) is 2.08.